The third-order valence-electron chi connectivity index (χ3n) is 3.47. The lowest BCUT2D eigenvalue weighted by molar-refractivity contribution is -0.143. The molecule has 0 saturated heterocycles. The highest BCUT2D eigenvalue weighted by molar-refractivity contribution is 9.12. The maximum atomic E-state index is 11.9. The van der Waals surface area contributed by atoms with Crippen LogP contribution in [0, 0.1) is 10.8 Å². The average molecular weight is 373 g/mol. The Morgan fingerprint density at radius 3 is 2.33 bits per heavy atom. The van der Waals surface area contributed by atoms with E-state index in [0.29, 0.717) is 6.42 Å². The largest absolute Gasteiger partial charge is 0.468 e. The van der Waals surface area contributed by atoms with Gasteiger partial charge in [-0.25, -0.2) is 8.42 Å². The normalized spacial score (nSPS) is 13.7. The summed E-state index contributed by atoms with van der Waals surface area (Å²) in [4.78, 5) is 14.4. The van der Waals surface area contributed by atoms with Crippen molar-refractivity contribution in [3.63, 3.8) is 0 Å². The number of ether oxygens (including phenoxy) is 1. The van der Waals surface area contributed by atoms with Crippen LogP contribution in [0.1, 0.15) is 24.5 Å². The van der Waals surface area contributed by atoms with Gasteiger partial charge in [-0.3, -0.25) is 4.79 Å². The van der Waals surface area contributed by atoms with Crippen molar-refractivity contribution in [2.24, 2.45) is 0 Å². The van der Waals surface area contributed by atoms with Crippen LogP contribution in [0.4, 0.5) is 0 Å². The molecular weight excluding hydrogens is 356 g/mol. The average Bonchev–Trinajstić information content (AvgIpc) is 2.44. The van der Waals surface area contributed by atoms with Crippen LogP contribution < -0.4 is 0 Å². The first-order valence-electron chi connectivity index (χ1n) is 6.23. The molecule has 0 fully saturated rings. The first-order valence-corrected chi connectivity index (χ1v) is 8.91. The van der Waals surface area contributed by atoms with Crippen LogP contribution in [0.3, 0.4) is 0 Å². The zero-order valence-corrected chi connectivity index (χ0v) is 14.5. The molecule has 1 unspecified atom stereocenters. The van der Waals surface area contributed by atoms with Crippen molar-refractivity contribution in [2.45, 2.75) is 24.5 Å². The summed E-state index contributed by atoms with van der Waals surface area (Å²) in [5, 5.41) is 0. The molecule has 21 heavy (non-hydrogen) atoms. The first-order chi connectivity index (χ1) is 9.74. The van der Waals surface area contributed by atoms with Gasteiger partial charge in [-0.05, 0) is 42.3 Å². The number of carbonyl (C=O) groups is 1. The van der Waals surface area contributed by atoms with Gasteiger partial charge in [0.1, 0.15) is 0 Å². The Labute approximate surface area is 133 Å². The SMILES string of the molecule is COC(=O)C(C)(CCc1ccc(C#CBr)cc1)S(C)(=O)=O. The van der Waals surface area contributed by atoms with Gasteiger partial charge in [-0.2, -0.15) is 0 Å². The molecular formula is C15H17BrO4S. The number of benzene rings is 1. The molecule has 6 heteroatoms. The van der Waals surface area contributed by atoms with Crippen LogP contribution in [0.2, 0.25) is 0 Å². The molecule has 0 bridgehead atoms. The monoisotopic (exact) mass is 372 g/mol. The molecule has 0 spiro atoms. The van der Waals surface area contributed by atoms with Crippen molar-refractivity contribution in [2.75, 3.05) is 13.4 Å². The molecule has 0 heterocycles. The van der Waals surface area contributed by atoms with E-state index in [2.05, 4.69) is 31.4 Å². The van der Waals surface area contributed by atoms with Crippen molar-refractivity contribution in [3.05, 3.63) is 35.4 Å². The van der Waals surface area contributed by atoms with Crippen LogP contribution in [0.15, 0.2) is 24.3 Å². The fraction of sp³-hybridized carbons (Fsp3) is 0.400. The lowest BCUT2D eigenvalue weighted by Crippen LogP contribution is -2.44. The molecule has 0 N–H and O–H groups in total. The van der Waals surface area contributed by atoms with Gasteiger partial charge in [0.05, 0.1) is 7.11 Å². The number of halogens is 1. The van der Waals surface area contributed by atoms with Gasteiger partial charge in [0.2, 0.25) is 0 Å². The Hall–Kier alpha value is -1.32. The van der Waals surface area contributed by atoms with Crippen molar-refractivity contribution >= 4 is 31.7 Å². The number of hydrogen-bond donors (Lipinski definition) is 0. The maximum absolute atomic E-state index is 11.9. The Balaban J connectivity index is 2.92. The fourth-order valence-electron chi connectivity index (χ4n) is 1.85. The molecule has 0 saturated carbocycles. The summed E-state index contributed by atoms with van der Waals surface area (Å²) < 4.78 is 26.9. The Kier molecular flexibility index (Phi) is 5.99. The first kappa shape index (κ1) is 17.7. The molecule has 114 valence electrons. The minimum Gasteiger partial charge on any atom is -0.468 e. The summed E-state index contributed by atoms with van der Waals surface area (Å²) in [6.07, 6.45) is 1.68. The zero-order valence-electron chi connectivity index (χ0n) is 12.1. The van der Waals surface area contributed by atoms with Crippen LogP contribution in [0.5, 0.6) is 0 Å². The van der Waals surface area contributed by atoms with Gasteiger partial charge >= 0.3 is 5.97 Å². The van der Waals surface area contributed by atoms with E-state index in [1.54, 1.807) is 0 Å². The standard InChI is InChI=1S/C15H17BrO4S/c1-15(14(17)20-2,21(3,18)19)10-8-12-4-6-13(7-5-12)9-11-16/h4-7H,8,10H2,1-3H3. The lowest BCUT2D eigenvalue weighted by Gasteiger charge is -2.24. The van der Waals surface area contributed by atoms with Gasteiger partial charge in [-0.1, -0.05) is 18.1 Å². The highest BCUT2D eigenvalue weighted by atomic mass is 79.9. The minimum absolute atomic E-state index is 0.169. The van der Waals surface area contributed by atoms with E-state index in [9.17, 15) is 13.2 Å². The van der Waals surface area contributed by atoms with Gasteiger partial charge in [0.25, 0.3) is 0 Å². The molecule has 1 atom stereocenters. The smallest absolute Gasteiger partial charge is 0.326 e. The highest BCUT2D eigenvalue weighted by Gasteiger charge is 2.44. The number of carbonyl (C=O) groups excluding carboxylic acids is 1. The predicted molar refractivity (Wildman–Crippen MR) is 85.8 cm³/mol. The summed E-state index contributed by atoms with van der Waals surface area (Å²) in [6, 6.07) is 7.43. The van der Waals surface area contributed by atoms with Gasteiger partial charge in [0.15, 0.2) is 14.6 Å². The zero-order chi connectivity index (χ0) is 16.1. The van der Waals surface area contributed by atoms with E-state index < -0.39 is 20.6 Å². The van der Waals surface area contributed by atoms with Crippen molar-refractivity contribution in [1.82, 2.24) is 0 Å². The summed E-state index contributed by atoms with van der Waals surface area (Å²) in [5.74, 6) is 2.13. The summed E-state index contributed by atoms with van der Waals surface area (Å²) in [6.45, 7) is 1.40. The molecule has 4 nitrogen and oxygen atoms in total. The summed E-state index contributed by atoms with van der Waals surface area (Å²) in [7, 11) is -2.37. The summed E-state index contributed by atoms with van der Waals surface area (Å²) >= 11 is 3.03. The molecule has 1 rings (SSSR count). The van der Waals surface area contributed by atoms with Crippen LogP contribution >= 0.6 is 15.9 Å². The molecule has 0 aliphatic heterocycles. The van der Waals surface area contributed by atoms with E-state index >= 15 is 0 Å². The second-order valence-electron chi connectivity index (χ2n) is 4.91. The topological polar surface area (TPSA) is 60.4 Å². The minimum atomic E-state index is -3.57. The van der Waals surface area contributed by atoms with Gasteiger partial charge in [-0.15, -0.1) is 0 Å². The van der Waals surface area contributed by atoms with Crippen molar-refractivity contribution < 1.29 is 17.9 Å². The van der Waals surface area contributed by atoms with E-state index in [1.165, 1.54) is 14.0 Å². The Morgan fingerprint density at radius 1 is 1.33 bits per heavy atom. The third-order valence-corrected chi connectivity index (χ3v) is 5.68. The second kappa shape index (κ2) is 7.10. The molecule has 0 aromatic heterocycles. The Bertz CT molecular complexity index is 668. The molecule has 0 aliphatic rings. The second-order valence-corrected chi connectivity index (χ2v) is 7.75. The van der Waals surface area contributed by atoms with E-state index in [0.717, 1.165) is 17.4 Å². The van der Waals surface area contributed by atoms with Crippen LogP contribution in [-0.2, 0) is 25.8 Å². The number of aryl methyl sites for hydroxylation is 1. The van der Waals surface area contributed by atoms with Crippen molar-refractivity contribution in [1.29, 1.82) is 0 Å². The molecule has 0 radical (unpaired) electrons. The van der Waals surface area contributed by atoms with E-state index in [4.69, 9.17) is 0 Å². The number of methoxy groups -OCH3 is 1. The van der Waals surface area contributed by atoms with Gasteiger partial charge in [0, 0.05) is 27.7 Å². The molecule has 0 aliphatic carbocycles. The lowest BCUT2D eigenvalue weighted by atomic mass is 9.99. The summed E-state index contributed by atoms with van der Waals surface area (Å²) in [5.41, 5.74) is 1.79. The fourth-order valence-corrected chi connectivity index (χ4v) is 2.93. The number of hydrogen-bond acceptors (Lipinski definition) is 4. The van der Waals surface area contributed by atoms with E-state index in [1.807, 2.05) is 24.3 Å². The van der Waals surface area contributed by atoms with Gasteiger partial charge < -0.3 is 4.74 Å². The Morgan fingerprint density at radius 2 is 1.90 bits per heavy atom. The highest BCUT2D eigenvalue weighted by Crippen LogP contribution is 2.25. The van der Waals surface area contributed by atoms with Crippen LogP contribution in [-0.4, -0.2) is 32.5 Å². The maximum Gasteiger partial charge on any atom is 0.326 e. The van der Waals surface area contributed by atoms with Crippen LogP contribution in [0.25, 0.3) is 0 Å². The predicted octanol–water partition coefficient (Wildman–Crippen LogP) is 2.30. The quantitative estimate of drug-likeness (QED) is 0.587. The molecule has 0 amide bonds. The molecule has 1 aromatic carbocycles. The number of sulfone groups is 1. The number of esters is 1. The van der Waals surface area contributed by atoms with Crippen molar-refractivity contribution in [3.8, 4) is 10.8 Å². The third kappa shape index (κ3) is 4.32. The molecule has 1 aromatic rings. The van der Waals surface area contributed by atoms with E-state index in [-0.39, 0.29) is 6.42 Å². The number of rotatable bonds is 5.